The second-order valence-electron chi connectivity index (χ2n) is 2.45. The Labute approximate surface area is 74.9 Å². The zero-order valence-corrected chi connectivity index (χ0v) is 8.64. The predicted molar refractivity (Wildman–Crippen MR) is 50.4 cm³/mol. The molecule has 68 valence electrons. The minimum atomic E-state index is -2.19. The van der Waals surface area contributed by atoms with Gasteiger partial charge in [-0.3, -0.25) is 0 Å². The molecule has 2 atom stereocenters. The van der Waals surface area contributed by atoms with E-state index in [4.69, 9.17) is 0 Å². The Bertz CT molecular complexity index is 98.4. The van der Waals surface area contributed by atoms with Gasteiger partial charge in [0.15, 0.2) is 0 Å². The molecule has 0 spiro atoms. The number of hydrogen-bond acceptors (Lipinski definition) is 2. The SMILES string of the molecule is CCC(C)[C@@H](SSC)C(F)F. The van der Waals surface area contributed by atoms with Gasteiger partial charge >= 0.3 is 0 Å². The standard InChI is InChI=1S/C7H14F2S2/c1-4-5(2)6(7(8)9)11-10-3/h5-7H,4H2,1-3H3/t5?,6-/m1/s1. The van der Waals surface area contributed by atoms with E-state index >= 15 is 0 Å². The van der Waals surface area contributed by atoms with E-state index in [0.29, 0.717) is 0 Å². The molecular weight excluding hydrogens is 186 g/mol. The molecule has 0 aromatic rings. The zero-order chi connectivity index (χ0) is 8.85. The molecule has 0 amide bonds. The van der Waals surface area contributed by atoms with Gasteiger partial charge in [0.05, 0.1) is 5.25 Å². The second kappa shape index (κ2) is 6.12. The van der Waals surface area contributed by atoms with Gasteiger partial charge in [-0.2, -0.15) is 0 Å². The van der Waals surface area contributed by atoms with Gasteiger partial charge in [-0.25, -0.2) is 8.78 Å². The van der Waals surface area contributed by atoms with Crippen LogP contribution in [0.15, 0.2) is 0 Å². The predicted octanol–water partition coefficient (Wildman–Crippen LogP) is 3.68. The summed E-state index contributed by atoms with van der Waals surface area (Å²) in [6, 6.07) is 0. The first kappa shape index (κ1) is 11.6. The molecule has 0 aliphatic carbocycles. The molecule has 0 rings (SSSR count). The molecule has 0 N–H and O–H groups in total. The van der Waals surface area contributed by atoms with Gasteiger partial charge in [-0.15, -0.1) is 0 Å². The minimum absolute atomic E-state index is 0.104. The third-order valence-electron chi connectivity index (χ3n) is 1.66. The van der Waals surface area contributed by atoms with Gasteiger partial charge in [0, 0.05) is 0 Å². The van der Waals surface area contributed by atoms with Crippen LogP contribution in [0.3, 0.4) is 0 Å². The first-order chi connectivity index (χ1) is 5.13. The Morgan fingerprint density at radius 2 is 1.91 bits per heavy atom. The molecule has 0 saturated heterocycles. The van der Waals surface area contributed by atoms with E-state index in [1.807, 2.05) is 20.1 Å². The first-order valence-corrected chi connectivity index (χ1v) is 6.23. The number of halogens is 2. The van der Waals surface area contributed by atoms with Crippen molar-refractivity contribution >= 4 is 21.6 Å². The molecule has 0 radical (unpaired) electrons. The Morgan fingerprint density at radius 1 is 1.36 bits per heavy atom. The van der Waals surface area contributed by atoms with Crippen molar-refractivity contribution in [3.8, 4) is 0 Å². The van der Waals surface area contributed by atoms with Crippen LogP contribution in [0.25, 0.3) is 0 Å². The summed E-state index contributed by atoms with van der Waals surface area (Å²) in [6.45, 7) is 3.82. The number of rotatable bonds is 5. The van der Waals surface area contributed by atoms with Crippen molar-refractivity contribution in [1.29, 1.82) is 0 Å². The number of hydrogen-bond donors (Lipinski definition) is 0. The van der Waals surface area contributed by atoms with E-state index < -0.39 is 11.7 Å². The van der Waals surface area contributed by atoms with Crippen molar-refractivity contribution in [2.75, 3.05) is 6.26 Å². The fourth-order valence-corrected chi connectivity index (χ4v) is 2.90. The van der Waals surface area contributed by atoms with E-state index in [9.17, 15) is 8.78 Å². The normalized spacial score (nSPS) is 16.9. The van der Waals surface area contributed by atoms with Crippen LogP contribution >= 0.6 is 21.6 Å². The lowest BCUT2D eigenvalue weighted by molar-refractivity contribution is 0.126. The summed E-state index contributed by atoms with van der Waals surface area (Å²) >= 11 is 0. The van der Waals surface area contributed by atoms with Crippen molar-refractivity contribution < 1.29 is 8.78 Å². The van der Waals surface area contributed by atoms with E-state index in [1.54, 1.807) is 0 Å². The maximum Gasteiger partial charge on any atom is 0.251 e. The molecule has 0 bridgehead atoms. The van der Waals surface area contributed by atoms with E-state index in [2.05, 4.69) is 0 Å². The van der Waals surface area contributed by atoms with Crippen LogP contribution < -0.4 is 0 Å². The Morgan fingerprint density at radius 3 is 2.18 bits per heavy atom. The van der Waals surface area contributed by atoms with Crippen LogP contribution in [0.5, 0.6) is 0 Å². The summed E-state index contributed by atoms with van der Waals surface area (Å²) in [6.07, 6.45) is 0.466. The Hall–Kier alpha value is 0.560. The molecule has 0 nitrogen and oxygen atoms in total. The highest BCUT2D eigenvalue weighted by Gasteiger charge is 2.25. The Kier molecular flexibility index (Phi) is 6.43. The van der Waals surface area contributed by atoms with Crippen LogP contribution in [-0.4, -0.2) is 17.9 Å². The van der Waals surface area contributed by atoms with Crippen molar-refractivity contribution in [2.24, 2.45) is 5.92 Å². The smallest absolute Gasteiger partial charge is 0.209 e. The quantitative estimate of drug-likeness (QED) is 0.621. The highest BCUT2D eigenvalue weighted by molar-refractivity contribution is 8.76. The maximum absolute atomic E-state index is 12.3. The van der Waals surface area contributed by atoms with Gasteiger partial charge in [0.25, 0.3) is 6.43 Å². The van der Waals surface area contributed by atoms with Gasteiger partial charge in [0.1, 0.15) is 0 Å². The number of alkyl halides is 2. The van der Waals surface area contributed by atoms with Gasteiger partial charge < -0.3 is 0 Å². The lowest BCUT2D eigenvalue weighted by Gasteiger charge is -2.19. The van der Waals surface area contributed by atoms with Crippen LogP contribution in [0.2, 0.25) is 0 Å². The fourth-order valence-electron chi connectivity index (χ4n) is 0.729. The largest absolute Gasteiger partial charge is 0.251 e. The first-order valence-electron chi connectivity index (χ1n) is 3.61. The topological polar surface area (TPSA) is 0 Å². The van der Waals surface area contributed by atoms with Crippen LogP contribution in [0.4, 0.5) is 8.78 Å². The lowest BCUT2D eigenvalue weighted by Crippen LogP contribution is -2.21. The summed E-state index contributed by atoms with van der Waals surface area (Å²) in [7, 11) is 2.70. The molecule has 11 heavy (non-hydrogen) atoms. The fraction of sp³-hybridized carbons (Fsp3) is 1.00. The molecular formula is C7H14F2S2. The van der Waals surface area contributed by atoms with Crippen LogP contribution in [0.1, 0.15) is 20.3 Å². The van der Waals surface area contributed by atoms with Gasteiger partial charge in [-0.1, -0.05) is 41.9 Å². The molecule has 0 fully saturated rings. The molecule has 0 saturated carbocycles. The van der Waals surface area contributed by atoms with Crippen molar-refractivity contribution in [3.05, 3.63) is 0 Å². The molecule has 4 heteroatoms. The third kappa shape index (κ3) is 4.21. The summed E-state index contributed by atoms with van der Waals surface area (Å²) in [5.41, 5.74) is 0. The summed E-state index contributed by atoms with van der Waals surface area (Å²) < 4.78 is 24.6. The molecule has 0 aliphatic rings. The summed E-state index contributed by atoms with van der Waals surface area (Å²) in [5, 5.41) is -0.505. The third-order valence-corrected chi connectivity index (χ3v) is 3.99. The Balaban J connectivity index is 3.87. The minimum Gasteiger partial charge on any atom is -0.209 e. The summed E-state index contributed by atoms with van der Waals surface area (Å²) in [5.74, 6) is 0.104. The molecule has 0 aliphatic heterocycles. The van der Waals surface area contributed by atoms with E-state index in [1.165, 1.54) is 21.6 Å². The maximum atomic E-state index is 12.3. The van der Waals surface area contributed by atoms with Crippen LogP contribution in [-0.2, 0) is 0 Å². The van der Waals surface area contributed by atoms with Gasteiger partial charge in [0.2, 0.25) is 0 Å². The molecule has 0 heterocycles. The van der Waals surface area contributed by atoms with Crippen molar-refractivity contribution in [2.45, 2.75) is 31.9 Å². The van der Waals surface area contributed by atoms with Crippen molar-refractivity contribution in [1.82, 2.24) is 0 Å². The molecule has 0 aromatic carbocycles. The summed E-state index contributed by atoms with van der Waals surface area (Å²) in [4.78, 5) is 0. The molecule has 1 unspecified atom stereocenters. The molecule has 0 aromatic heterocycles. The van der Waals surface area contributed by atoms with Gasteiger partial charge in [-0.05, 0) is 12.2 Å². The average Bonchev–Trinajstić information content (AvgIpc) is 1.98. The van der Waals surface area contributed by atoms with Crippen molar-refractivity contribution in [3.63, 3.8) is 0 Å². The van der Waals surface area contributed by atoms with Crippen LogP contribution in [0, 0.1) is 5.92 Å². The average molecular weight is 200 g/mol. The van der Waals surface area contributed by atoms with E-state index in [0.717, 1.165) is 6.42 Å². The highest BCUT2D eigenvalue weighted by atomic mass is 33.1. The highest BCUT2D eigenvalue weighted by Crippen LogP contribution is 2.34. The van der Waals surface area contributed by atoms with E-state index in [-0.39, 0.29) is 5.92 Å². The lowest BCUT2D eigenvalue weighted by atomic mass is 10.1. The monoisotopic (exact) mass is 200 g/mol. The zero-order valence-electron chi connectivity index (χ0n) is 7.01. The second-order valence-corrected chi connectivity index (χ2v) is 5.09.